The molecule has 0 spiro atoms. The Balaban J connectivity index is 1.25. The average molecular weight is 491 g/mol. The van der Waals surface area contributed by atoms with Gasteiger partial charge in [-0.2, -0.15) is 0 Å². The van der Waals surface area contributed by atoms with Gasteiger partial charge in [0.25, 0.3) is 0 Å². The molecule has 2 saturated heterocycles. The van der Waals surface area contributed by atoms with Crippen LogP contribution in [0.3, 0.4) is 0 Å². The third kappa shape index (κ3) is 7.44. The van der Waals surface area contributed by atoms with Crippen molar-refractivity contribution in [2.24, 2.45) is 0 Å². The zero-order valence-corrected chi connectivity index (χ0v) is 24.6. The van der Waals surface area contributed by atoms with Gasteiger partial charge < -0.3 is 0 Å². The predicted octanol–water partition coefficient (Wildman–Crippen LogP) is 9.94. The highest BCUT2D eigenvalue weighted by atomic mass is 28.3. The van der Waals surface area contributed by atoms with Crippen LogP contribution >= 0.6 is 0 Å². The fourth-order valence-corrected chi connectivity index (χ4v) is 13.8. The Hall–Kier alpha value is -1.13. The van der Waals surface area contributed by atoms with E-state index in [0.29, 0.717) is 0 Å². The molecule has 2 aliphatic rings. The quantitative estimate of drug-likeness (QED) is 0.217. The van der Waals surface area contributed by atoms with Crippen LogP contribution < -0.4 is 0 Å². The van der Waals surface area contributed by atoms with Gasteiger partial charge in [-0.25, -0.2) is 0 Å². The molecule has 0 bridgehead atoms. The molecule has 0 saturated carbocycles. The molecule has 2 aliphatic heterocycles. The van der Waals surface area contributed by atoms with Crippen LogP contribution in [0.25, 0.3) is 11.1 Å². The maximum absolute atomic E-state index is 2.44. The van der Waals surface area contributed by atoms with Crippen molar-refractivity contribution in [2.45, 2.75) is 126 Å². The Morgan fingerprint density at radius 2 is 0.882 bits per heavy atom. The molecule has 2 aromatic carbocycles. The highest BCUT2D eigenvalue weighted by Gasteiger charge is 2.24. The van der Waals surface area contributed by atoms with Crippen LogP contribution in [0.1, 0.15) is 101 Å². The van der Waals surface area contributed by atoms with Gasteiger partial charge in [0.1, 0.15) is 0 Å². The van der Waals surface area contributed by atoms with E-state index in [1.54, 1.807) is 47.4 Å². The van der Waals surface area contributed by atoms with Gasteiger partial charge in [0.2, 0.25) is 0 Å². The van der Waals surface area contributed by atoms with E-state index in [-0.39, 0.29) is 0 Å². The zero-order valence-electron chi connectivity index (χ0n) is 22.2. The molecule has 186 valence electrons. The summed E-state index contributed by atoms with van der Waals surface area (Å²) in [6.45, 7) is 4.66. The monoisotopic (exact) mass is 490 g/mol. The number of hydrogen-bond donors (Lipinski definition) is 0. The third-order valence-corrected chi connectivity index (χ3v) is 16.3. The van der Waals surface area contributed by atoms with Crippen LogP contribution in [0.5, 0.6) is 0 Å². The molecular weight excluding hydrogens is 441 g/mol. The van der Waals surface area contributed by atoms with E-state index in [0.717, 1.165) is 11.8 Å². The molecule has 0 nitrogen and oxygen atoms in total. The fraction of sp³-hybridized carbons (Fsp3) is 0.625. The van der Waals surface area contributed by atoms with Crippen LogP contribution in [0.15, 0.2) is 48.5 Å². The summed E-state index contributed by atoms with van der Waals surface area (Å²) in [6.07, 6.45) is 14.5. The first-order valence-corrected chi connectivity index (χ1v) is 19.9. The van der Waals surface area contributed by atoms with E-state index in [1.807, 2.05) is 0 Å². The van der Waals surface area contributed by atoms with E-state index in [4.69, 9.17) is 0 Å². The fourth-order valence-electron chi connectivity index (χ4n) is 6.83. The van der Waals surface area contributed by atoms with Crippen molar-refractivity contribution >= 4 is 17.6 Å². The smallest absolute Gasteiger partial charge is 0.0368 e. The highest BCUT2D eigenvalue weighted by molar-refractivity contribution is 6.59. The van der Waals surface area contributed by atoms with Crippen molar-refractivity contribution in [1.82, 2.24) is 0 Å². The van der Waals surface area contributed by atoms with Crippen molar-refractivity contribution in [2.75, 3.05) is 0 Å². The maximum atomic E-state index is 2.44. The molecule has 2 heterocycles. The topological polar surface area (TPSA) is 0 Å². The Morgan fingerprint density at radius 3 is 1.21 bits per heavy atom. The second-order valence-corrected chi connectivity index (χ2v) is 18.6. The summed E-state index contributed by atoms with van der Waals surface area (Å²) in [7, 11) is -0.809. The molecule has 0 aromatic heterocycles. The highest BCUT2D eigenvalue weighted by Crippen LogP contribution is 2.38. The molecule has 0 unspecified atom stereocenters. The summed E-state index contributed by atoms with van der Waals surface area (Å²) in [5.74, 6) is 1.65. The molecular formula is C32H50Si2. The molecule has 2 heteroatoms. The van der Waals surface area contributed by atoms with E-state index in [1.165, 1.54) is 75.3 Å². The summed E-state index contributed by atoms with van der Waals surface area (Å²) in [5.41, 5.74) is 5.98. The number of hydrogen-bond acceptors (Lipinski definition) is 0. The Labute approximate surface area is 214 Å². The molecule has 0 N–H and O–H groups in total. The van der Waals surface area contributed by atoms with Gasteiger partial charge in [0.15, 0.2) is 0 Å². The lowest BCUT2D eigenvalue weighted by Gasteiger charge is -2.28. The van der Waals surface area contributed by atoms with Crippen molar-refractivity contribution in [3.63, 3.8) is 0 Å². The van der Waals surface area contributed by atoms with Crippen LogP contribution in [0.4, 0.5) is 0 Å². The van der Waals surface area contributed by atoms with Gasteiger partial charge in [0, 0.05) is 17.6 Å². The lowest BCUT2D eigenvalue weighted by Crippen LogP contribution is -2.20. The van der Waals surface area contributed by atoms with Gasteiger partial charge in [-0.05, 0) is 59.8 Å². The van der Waals surface area contributed by atoms with Crippen molar-refractivity contribution in [3.05, 3.63) is 59.7 Å². The van der Waals surface area contributed by atoms with Gasteiger partial charge in [-0.3, -0.25) is 0 Å². The number of unbranched alkanes of at least 4 members (excludes halogenated alkanes) is 4. The van der Waals surface area contributed by atoms with Crippen LogP contribution in [-0.4, -0.2) is 17.6 Å². The standard InChI is InChI=1S/C32H50Si2/c1-3-5-7-21-33-23-17-31(18-24-33)29-13-9-27(10-14-29)28-11-15-30(16-12-28)32-19-25-34(26-20-32)22-8-6-4-2/h9-16,31-34H,3-8,17-26H2,1-2H3/t31-,32?,33-,34?. The molecule has 0 amide bonds. The lowest BCUT2D eigenvalue weighted by molar-refractivity contribution is 0.603. The third-order valence-electron chi connectivity index (χ3n) is 9.22. The minimum atomic E-state index is -0.405. The maximum Gasteiger partial charge on any atom is 0.0368 e. The van der Waals surface area contributed by atoms with Crippen LogP contribution in [0.2, 0.25) is 36.3 Å². The molecule has 0 aliphatic carbocycles. The van der Waals surface area contributed by atoms with Gasteiger partial charge in [-0.15, -0.1) is 0 Å². The van der Waals surface area contributed by atoms with Crippen molar-refractivity contribution in [1.29, 1.82) is 0 Å². The molecule has 34 heavy (non-hydrogen) atoms. The summed E-state index contributed by atoms with van der Waals surface area (Å²) < 4.78 is 0. The summed E-state index contributed by atoms with van der Waals surface area (Å²) in [4.78, 5) is 0. The first-order valence-electron chi connectivity index (χ1n) is 15.0. The molecule has 4 rings (SSSR count). The van der Waals surface area contributed by atoms with E-state index < -0.39 is 17.6 Å². The first kappa shape index (κ1) is 26.0. The van der Waals surface area contributed by atoms with Crippen LogP contribution in [-0.2, 0) is 0 Å². The Morgan fingerprint density at radius 1 is 0.529 bits per heavy atom. The van der Waals surface area contributed by atoms with Crippen molar-refractivity contribution in [3.8, 4) is 11.1 Å². The van der Waals surface area contributed by atoms with Gasteiger partial charge in [0.05, 0.1) is 0 Å². The largest absolute Gasteiger partial charge is 0.0654 e. The van der Waals surface area contributed by atoms with E-state index >= 15 is 0 Å². The predicted molar refractivity (Wildman–Crippen MR) is 158 cm³/mol. The minimum absolute atomic E-state index is 0.405. The van der Waals surface area contributed by atoms with Crippen molar-refractivity contribution < 1.29 is 0 Å². The van der Waals surface area contributed by atoms with E-state index in [9.17, 15) is 0 Å². The lowest BCUT2D eigenvalue weighted by atomic mass is 9.90. The number of rotatable bonds is 11. The molecule has 0 radical (unpaired) electrons. The van der Waals surface area contributed by atoms with Gasteiger partial charge in [-0.1, -0.05) is 137 Å². The Kier molecular flexibility index (Phi) is 10.6. The summed E-state index contributed by atoms with van der Waals surface area (Å²) in [5, 5.41) is 0. The second-order valence-electron chi connectivity index (χ2n) is 11.7. The molecule has 0 atom stereocenters. The normalized spacial score (nSPS) is 25.4. The SMILES string of the molecule is CCCCC[SiH]1CCC(c2ccc(-c3ccc([C@H]4CC[Si@H](CCCCC)CC4)cc3)cc2)CC1. The molecule has 2 fully saturated rings. The Bertz CT molecular complexity index is 738. The number of benzene rings is 2. The average Bonchev–Trinajstić information content (AvgIpc) is 2.90. The second kappa shape index (κ2) is 13.8. The summed E-state index contributed by atoms with van der Waals surface area (Å²) >= 11 is 0. The van der Waals surface area contributed by atoms with E-state index in [2.05, 4.69) is 62.4 Å². The first-order chi connectivity index (χ1) is 16.8. The van der Waals surface area contributed by atoms with Gasteiger partial charge >= 0.3 is 0 Å². The zero-order chi connectivity index (χ0) is 23.6. The molecule has 2 aromatic rings. The summed E-state index contributed by atoms with van der Waals surface area (Å²) in [6, 6.07) is 28.9. The van der Waals surface area contributed by atoms with Crippen LogP contribution in [0, 0.1) is 0 Å². The minimum Gasteiger partial charge on any atom is -0.0654 e.